The molecule has 0 rings (SSSR count). The molecule has 11 heteroatoms. The smallest absolute Gasteiger partial charge is 0.543 e. The molecule has 0 aromatic heterocycles. The molecule has 0 atom stereocenters. The maximum atomic E-state index is 9.53. The van der Waals surface area contributed by atoms with Crippen molar-refractivity contribution >= 4 is 23.4 Å². The Morgan fingerprint density at radius 3 is 1.06 bits per heavy atom. The molecule has 0 saturated heterocycles. The van der Waals surface area contributed by atoms with Crippen LogP contribution in [0.5, 0.6) is 0 Å². The van der Waals surface area contributed by atoms with Crippen LogP contribution in [0.25, 0.3) is 0 Å². The molecule has 0 aliphatic rings. The van der Waals surface area contributed by atoms with Gasteiger partial charge >= 0.3 is 17.1 Å². The summed E-state index contributed by atoms with van der Waals surface area (Å²) in [7, 11) is 0. The van der Waals surface area contributed by atoms with E-state index >= 15 is 0 Å². The Morgan fingerprint density at radius 1 is 0.882 bits per heavy atom. The molecule has 1 radical (unpaired) electrons. The van der Waals surface area contributed by atoms with Crippen LogP contribution in [0.2, 0.25) is 0 Å². The van der Waals surface area contributed by atoms with Crippen molar-refractivity contribution in [2.24, 2.45) is 10.3 Å². The van der Waals surface area contributed by atoms with Crippen molar-refractivity contribution in [3.8, 4) is 0 Å². The number of hydrogen-bond donors (Lipinski definition) is 2. The molecule has 0 aromatic carbocycles. The Balaban J connectivity index is -0.0000000480. The molecule has 0 spiro atoms. The van der Waals surface area contributed by atoms with Gasteiger partial charge in [-0.3, -0.25) is 0 Å². The summed E-state index contributed by atoms with van der Waals surface area (Å²) in [5, 5.41) is 39.1. The standard InChI is InChI=1S/2C3H5NO3.Cu.2H2O/c2*1-2(4-7)3(5)6;;;/h2*7H,1H3,(H,5,6);;2*1H2/q;;+2;;/p-2/b2*4-2+;;;. The van der Waals surface area contributed by atoms with Crippen molar-refractivity contribution in [3.63, 3.8) is 0 Å². The van der Waals surface area contributed by atoms with Crippen molar-refractivity contribution in [1.29, 1.82) is 0 Å². The SMILES string of the molecule is C/C(=N\O)C(=O)[O-].C/C(=N\O)C(=O)[O-].O.O.[Cu+2]. The minimum absolute atomic E-state index is 0. The van der Waals surface area contributed by atoms with Gasteiger partial charge in [-0.1, -0.05) is 10.3 Å². The van der Waals surface area contributed by atoms with Gasteiger partial charge in [-0.2, -0.15) is 0 Å². The first-order chi connectivity index (χ1) is 6.36. The summed E-state index contributed by atoms with van der Waals surface area (Å²) >= 11 is 0. The molecule has 0 aromatic rings. The largest absolute Gasteiger partial charge is 2.00 e. The van der Waals surface area contributed by atoms with E-state index in [0.29, 0.717) is 0 Å². The fourth-order valence-electron chi connectivity index (χ4n) is 0.0816. The average Bonchev–Trinajstić information content (AvgIpc) is 2.15. The van der Waals surface area contributed by atoms with Crippen molar-refractivity contribution in [2.75, 3.05) is 0 Å². The monoisotopic (exact) mass is 303 g/mol. The fraction of sp³-hybridized carbons (Fsp3) is 0.333. The molecule has 105 valence electrons. The number of nitrogens with zero attached hydrogens (tertiary/aromatic N) is 2. The van der Waals surface area contributed by atoms with Gasteiger partial charge in [0.05, 0.1) is 23.4 Å². The Morgan fingerprint density at radius 2 is 1.06 bits per heavy atom. The zero-order valence-corrected chi connectivity index (χ0v) is 9.67. The van der Waals surface area contributed by atoms with Crippen LogP contribution in [-0.2, 0) is 26.7 Å². The quantitative estimate of drug-likeness (QED) is 0.222. The van der Waals surface area contributed by atoms with Crippen LogP contribution >= 0.6 is 0 Å². The summed E-state index contributed by atoms with van der Waals surface area (Å²) in [5.74, 6) is -2.91. The summed E-state index contributed by atoms with van der Waals surface area (Å²) in [6.45, 7) is 2.27. The van der Waals surface area contributed by atoms with Gasteiger partial charge in [0.15, 0.2) is 0 Å². The Hall–Kier alpha value is -1.68. The molecule has 0 amide bonds. The average molecular weight is 304 g/mol. The van der Waals surface area contributed by atoms with Crippen LogP contribution in [0.4, 0.5) is 0 Å². The van der Waals surface area contributed by atoms with E-state index in [-0.39, 0.29) is 28.0 Å². The molecule has 6 N–H and O–H groups in total. The number of hydrogen-bond acceptors (Lipinski definition) is 8. The number of carboxylic acid groups (broad SMARTS) is 2. The summed E-state index contributed by atoms with van der Waals surface area (Å²) in [4.78, 5) is 19.1. The van der Waals surface area contributed by atoms with Crippen molar-refractivity contribution in [1.82, 2.24) is 0 Å². The van der Waals surface area contributed by atoms with E-state index < -0.39 is 23.4 Å². The Kier molecular flexibility index (Phi) is 29.0. The zero-order chi connectivity index (χ0) is 11.7. The molecule has 0 aliphatic heterocycles. The van der Waals surface area contributed by atoms with Crippen molar-refractivity contribution in [3.05, 3.63) is 0 Å². The number of rotatable bonds is 2. The molecular weight excluding hydrogens is 292 g/mol. The van der Waals surface area contributed by atoms with Crippen LogP contribution < -0.4 is 10.2 Å². The molecule has 0 heterocycles. The summed E-state index contributed by atoms with van der Waals surface area (Å²) in [5.41, 5.74) is -0.833. The molecule has 0 aliphatic carbocycles. The van der Waals surface area contributed by atoms with Gasteiger partial charge in [-0.15, -0.1) is 0 Å². The van der Waals surface area contributed by atoms with E-state index in [2.05, 4.69) is 10.3 Å². The first-order valence-corrected chi connectivity index (χ1v) is 3.16. The van der Waals surface area contributed by atoms with Gasteiger partial charge in [0.2, 0.25) is 0 Å². The topological polar surface area (TPSA) is 208 Å². The van der Waals surface area contributed by atoms with Gasteiger partial charge in [0.25, 0.3) is 0 Å². The number of aliphatic carboxylic acids is 2. The third-order valence-corrected chi connectivity index (χ3v) is 0.891. The van der Waals surface area contributed by atoms with Crippen molar-refractivity contribution in [2.45, 2.75) is 13.8 Å². The molecule has 0 bridgehead atoms. The summed E-state index contributed by atoms with van der Waals surface area (Å²) in [6, 6.07) is 0. The van der Waals surface area contributed by atoms with Gasteiger partial charge in [0, 0.05) is 0 Å². The number of carbonyl (C=O) groups excluding carboxylic acids is 2. The third kappa shape index (κ3) is 20.4. The Labute approximate surface area is 106 Å². The molecule has 0 fully saturated rings. The van der Waals surface area contributed by atoms with Gasteiger partial charge in [-0.05, 0) is 13.8 Å². The van der Waals surface area contributed by atoms with Gasteiger partial charge in [0.1, 0.15) is 0 Å². The van der Waals surface area contributed by atoms with E-state index in [1.54, 1.807) is 0 Å². The number of oxime groups is 2. The first-order valence-electron chi connectivity index (χ1n) is 3.16. The Bertz CT molecular complexity index is 249. The molecule has 0 unspecified atom stereocenters. The van der Waals surface area contributed by atoms with Crippen LogP contribution in [0.1, 0.15) is 13.8 Å². The predicted octanol–water partition coefficient (Wildman–Crippen LogP) is -4.48. The van der Waals surface area contributed by atoms with Crippen LogP contribution in [0.15, 0.2) is 10.3 Å². The maximum absolute atomic E-state index is 9.53. The van der Waals surface area contributed by atoms with Crippen LogP contribution in [-0.4, -0.2) is 44.7 Å². The van der Waals surface area contributed by atoms with E-state index in [1.165, 1.54) is 0 Å². The normalized spacial score (nSPS) is 9.29. The summed E-state index contributed by atoms with van der Waals surface area (Å²) < 4.78 is 0. The summed E-state index contributed by atoms with van der Waals surface area (Å²) in [6.07, 6.45) is 0. The van der Waals surface area contributed by atoms with E-state index in [0.717, 1.165) is 13.8 Å². The minimum atomic E-state index is -1.46. The maximum Gasteiger partial charge on any atom is 2.00 e. The van der Waals surface area contributed by atoms with Gasteiger partial charge < -0.3 is 41.2 Å². The predicted molar refractivity (Wildman–Crippen MR) is 47.0 cm³/mol. The number of carboxylic acids is 2. The second kappa shape index (κ2) is 16.7. The van der Waals surface area contributed by atoms with Crippen LogP contribution in [0.3, 0.4) is 0 Å². The third-order valence-electron chi connectivity index (χ3n) is 0.891. The molecule has 10 nitrogen and oxygen atoms in total. The molecular formula is C6H12CuN2O8. The van der Waals surface area contributed by atoms with E-state index in [9.17, 15) is 19.8 Å². The van der Waals surface area contributed by atoms with E-state index in [4.69, 9.17) is 10.4 Å². The van der Waals surface area contributed by atoms with Gasteiger partial charge in [-0.25, -0.2) is 0 Å². The van der Waals surface area contributed by atoms with E-state index in [1.807, 2.05) is 0 Å². The number of carbonyl (C=O) groups is 2. The first kappa shape index (κ1) is 29.5. The second-order valence-electron chi connectivity index (χ2n) is 1.95. The van der Waals surface area contributed by atoms with Crippen molar-refractivity contribution < 1.29 is 58.2 Å². The second-order valence-corrected chi connectivity index (χ2v) is 1.95. The minimum Gasteiger partial charge on any atom is -0.543 e. The van der Waals surface area contributed by atoms with Crippen LogP contribution in [0, 0.1) is 0 Å². The zero-order valence-electron chi connectivity index (χ0n) is 8.72. The molecule has 17 heavy (non-hydrogen) atoms. The fourth-order valence-corrected chi connectivity index (χ4v) is 0.0816. The molecule has 0 saturated carbocycles.